The summed E-state index contributed by atoms with van der Waals surface area (Å²) in [4.78, 5) is 0. The second-order valence-corrected chi connectivity index (χ2v) is 3.67. The van der Waals surface area contributed by atoms with Crippen molar-refractivity contribution >= 4 is 5.69 Å². The van der Waals surface area contributed by atoms with Crippen LogP contribution in [-0.4, -0.2) is 0 Å². The summed E-state index contributed by atoms with van der Waals surface area (Å²) in [6.45, 7) is 0.492. The molecule has 0 bridgehead atoms. The zero-order chi connectivity index (χ0) is 12.1. The van der Waals surface area contributed by atoms with Gasteiger partial charge in [0, 0.05) is 5.69 Å². The van der Waals surface area contributed by atoms with Gasteiger partial charge in [0.25, 0.3) is 0 Å². The third kappa shape index (κ3) is 2.99. The molecule has 3 heteroatoms. The van der Waals surface area contributed by atoms with Gasteiger partial charge in [-0.3, -0.25) is 0 Å². The highest BCUT2D eigenvalue weighted by Gasteiger charge is 1.96. The molecule has 0 heterocycles. The molecule has 2 aromatic rings. The Morgan fingerprint density at radius 3 is 2.24 bits per heavy atom. The Bertz CT molecular complexity index is 524. The molecule has 0 unspecified atom stereocenters. The normalized spacial score (nSPS) is 9.59. The molecule has 3 nitrogen and oxygen atoms in total. The van der Waals surface area contributed by atoms with Gasteiger partial charge in [0.15, 0.2) is 0 Å². The number of rotatable bonds is 3. The van der Waals surface area contributed by atoms with Gasteiger partial charge in [-0.25, -0.2) is 0 Å². The van der Waals surface area contributed by atoms with E-state index >= 15 is 0 Å². The van der Waals surface area contributed by atoms with Crippen molar-refractivity contribution in [2.24, 2.45) is 0 Å². The highest BCUT2D eigenvalue weighted by atomic mass is 16.5. The average Bonchev–Trinajstić information content (AvgIpc) is 2.39. The number of nitrogens with two attached hydrogens (primary N) is 1. The third-order valence-corrected chi connectivity index (χ3v) is 2.37. The van der Waals surface area contributed by atoms with Crippen LogP contribution in [0.4, 0.5) is 5.69 Å². The van der Waals surface area contributed by atoms with Crippen LogP contribution in [0.1, 0.15) is 11.1 Å². The van der Waals surface area contributed by atoms with Crippen molar-refractivity contribution in [3.05, 3.63) is 59.7 Å². The molecule has 2 rings (SSSR count). The fourth-order valence-corrected chi connectivity index (χ4v) is 1.41. The Hall–Kier alpha value is -2.47. The molecule has 17 heavy (non-hydrogen) atoms. The van der Waals surface area contributed by atoms with Crippen LogP contribution in [0.15, 0.2) is 48.5 Å². The van der Waals surface area contributed by atoms with Crippen molar-refractivity contribution in [2.45, 2.75) is 6.61 Å². The van der Waals surface area contributed by atoms with Gasteiger partial charge in [0.05, 0.1) is 11.6 Å². The summed E-state index contributed by atoms with van der Waals surface area (Å²) < 4.78 is 5.58. The van der Waals surface area contributed by atoms with Gasteiger partial charge < -0.3 is 10.5 Å². The molecule has 0 fully saturated rings. The molecule has 2 N–H and O–H groups in total. The van der Waals surface area contributed by atoms with Crippen LogP contribution in [0.2, 0.25) is 0 Å². The van der Waals surface area contributed by atoms with Gasteiger partial charge in [0.2, 0.25) is 0 Å². The van der Waals surface area contributed by atoms with E-state index in [0.29, 0.717) is 12.2 Å². The quantitative estimate of drug-likeness (QED) is 0.815. The smallest absolute Gasteiger partial charge is 0.119 e. The van der Waals surface area contributed by atoms with E-state index in [-0.39, 0.29) is 0 Å². The Balaban J connectivity index is 1.98. The van der Waals surface area contributed by atoms with E-state index in [1.54, 1.807) is 24.3 Å². The largest absolute Gasteiger partial charge is 0.489 e. The maximum absolute atomic E-state index is 8.66. The number of benzene rings is 2. The number of anilines is 1. The Kier molecular flexibility index (Phi) is 3.27. The predicted octanol–water partition coefficient (Wildman–Crippen LogP) is 2.72. The molecule has 0 aliphatic rings. The summed E-state index contributed by atoms with van der Waals surface area (Å²) >= 11 is 0. The van der Waals surface area contributed by atoms with Crippen molar-refractivity contribution in [2.75, 3.05) is 5.73 Å². The molecule has 0 saturated heterocycles. The lowest BCUT2D eigenvalue weighted by Gasteiger charge is -2.06. The molecule has 0 spiro atoms. The highest BCUT2D eigenvalue weighted by molar-refractivity contribution is 5.39. The second kappa shape index (κ2) is 5.04. The third-order valence-electron chi connectivity index (χ3n) is 2.37. The first-order valence-electron chi connectivity index (χ1n) is 5.25. The maximum Gasteiger partial charge on any atom is 0.119 e. The lowest BCUT2D eigenvalue weighted by Crippen LogP contribution is -1.95. The maximum atomic E-state index is 8.66. The van der Waals surface area contributed by atoms with Crippen molar-refractivity contribution in [3.8, 4) is 11.8 Å². The van der Waals surface area contributed by atoms with E-state index in [1.807, 2.05) is 24.3 Å². The Labute approximate surface area is 100 Å². The predicted molar refractivity (Wildman–Crippen MR) is 66.3 cm³/mol. The number of nitriles is 1. The molecule has 0 aliphatic carbocycles. The van der Waals surface area contributed by atoms with E-state index in [2.05, 4.69) is 6.07 Å². The molecule has 0 aromatic heterocycles. The van der Waals surface area contributed by atoms with Gasteiger partial charge in [-0.15, -0.1) is 0 Å². The van der Waals surface area contributed by atoms with Gasteiger partial charge in [0.1, 0.15) is 12.4 Å². The van der Waals surface area contributed by atoms with Gasteiger partial charge in [-0.05, 0) is 42.0 Å². The van der Waals surface area contributed by atoms with Crippen LogP contribution in [0, 0.1) is 11.3 Å². The minimum atomic E-state index is 0.492. The van der Waals surface area contributed by atoms with Crippen LogP contribution >= 0.6 is 0 Å². The summed E-state index contributed by atoms with van der Waals surface area (Å²) in [5.74, 6) is 0.751. The van der Waals surface area contributed by atoms with Gasteiger partial charge in [-0.1, -0.05) is 12.1 Å². The second-order valence-electron chi connectivity index (χ2n) is 3.67. The zero-order valence-corrected chi connectivity index (χ0v) is 9.26. The Morgan fingerprint density at radius 2 is 1.65 bits per heavy atom. The number of hydrogen-bond donors (Lipinski definition) is 1. The number of nitrogens with zero attached hydrogens (tertiary/aromatic N) is 1. The first-order chi connectivity index (χ1) is 8.28. The summed E-state index contributed by atoms with van der Waals surface area (Å²) in [6.07, 6.45) is 0. The molecule has 0 atom stereocenters. The molecule has 84 valence electrons. The lowest BCUT2D eigenvalue weighted by molar-refractivity contribution is 0.306. The number of nitrogen functional groups attached to an aromatic ring is 1. The zero-order valence-electron chi connectivity index (χ0n) is 9.26. The highest BCUT2D eigenvalue weighted by Crippen LogP contribution is 2.14. The molecule has 0 saturated carbocycles. The van der Waals surface area contributed by atoms with E-state index in [1.165, 1.54) is 0 Å². The monoisotopic (exact) mass is 224 g/mol. The minimum Gasteiger partial charge on any atom is -0.489 e. The molecular formula is C14H12N2O. The van der Waals surface area contributed by atoms with E-state index < -0.39 is 0 Å². The van der Waals surface area contributed by atoms with Crippen LogP contribution < -0.4 is 10.5 Å². The van der Waals surface area contributed by atoms with Crippen LogP contribution in [0.3, 0.4) is 0 Å². The van der Waals surface area contributed by atoms with E-state index in [4.69, 9.17) is 15.7 Å². The average molecular weight is 224 g/mol. The summed E-state index contributed by atoms with van der Waals surface area (Å²) in [5.41, 5.74) is 8.03. The van der Waals surface area contributed by atoms with Crippen molar-refractivity contribution in [1.82, 2.24) is 0 Å². The van der Waals surface area contributed by atoms with Crippen LogP contribution in [-0.2, 0) is 6.61 Å². The topological polar surface area (TPSA) is 59.0 Å². The molecule has 2 aromatic carbocycles. The van der Waals surface area contributed by atoms with E-state index in [9.17, 15) is 0 Å². The SMILES string of the molecule is N#Cc1ccc(OCc2ccc(N)cc2)cc1. The minimum absolute atomic E-state index is 0.492. The van der Waals surface area contributed by atoms with Gasteiger partial charge >= 0.3 is 0 Å². The fourth-order valence-electron chi connectivity index (χ4n) is 1.41. The van der Waals surface area contributed by atoms with Crippen molar-refractivity contribution in [3.63, 3.8) is 0 Å². The van der Waals surface area contributed by atoms with Gasteiger partial charge in [-0.2, -0.15) is 5.26 Å². The van der Waals surface area contributed by atoms with Crippen LogP contribution in [0.25, 0.3) is 0 Å². The van der Waals surface area contributed by atoms with Crippen molar-refractivity contribution < 1.29 is 4.74 Å². The Morgan fingerprint density at radius 1 is 1.00 bits per heavy atom. The van der Waals surface area contributed by atoms with Crippen LogP contribution in [0.5, 0.6) is 5.75 Å². The lowest BCUT2D eigenvalue weighted by atomic mass is 10.2. The summed E-state index contributed by atoms with van der Waals surface area (Å²) in [7, 11) is 0. The summed E-state index contributed by atoms with van der Waals surface area (Å²) in [5, 5.41) is 8.66. The fraction of sp³-hybridized carbons (Fsp3) is 0.0714. The van der Waals surface area contributed by atoms with Crippen molar-refractivity contribution in [1.29, 1.82) is 5.26 Å². The molecular weight excluding hydrogens is 212 g/mol. The molecule has 0 amide bonds. The molecule has 0 aliphatic heterocycles. The first kappa shape index (κ1) is 11.0. The number of hydrogen-bond acceptors (Lipinski definition) is 3. The molecule has 0 radical (unpaired) electrons. The number of ether oxygens (including phenoxy) is 1. The first-order valence-corrected chi connectivity index (χ1v) is 5.25. The standard InChI is InChI=1S/C14H12N2O/c15-9-11-3-7-14(8-4-11)17-10-12-1-5-13(16)6-2-12/h1-8H,10,16H2. The summed E-state index contributed by atoms with van der Waals surface area (Å²) in [6, 6.07) is 16.7. The van der Waals surface area contributed by atoms with E-state index in [0.717, 1.165) is 17.0 Å².